The summed E-state index contributed by atoms with van der Waals surface area (Å²) >= 11 is 0. The molecule has 3 rings (SSSR count). The molecule has 0 amide bonds. The Morgan fingerprint density at radius 2 is 2.12 bits per heavy atom. The minimum atomic E-state index is -0.217. The van der Waals surface area contributed by atoms with E-state index in [-0.39, 0.29) is 17.4 Å². The summed E-state index contributed by atoms with van der Waals surface area (Å²) in [6.07, 6.45) is 4.90. The van der Waals surface area contributed by atoms with Crippen LogP contribution in [0.25, 0.3) is 0 Å². The zero-order valence-corrected chi connectivity index (χ0v) is 14.0. The Morgan fingerprint density at radius 3 is 2.83 bits per heavy atom. The Kier molecular flexibility index (Phi) is 5.00. The van der Waals surface area contributed by atoms with Gasteiger partial charge in [-0.15, -0.1) is 0 Å². The zero-order chi connectivity index (χ0) is 17.1. The summed E-state index contributed by atoms with van der Waals surface area (Å²) in [6.45, 7) is 1.98. The first-order valence-corrected chi connectivity index (χ1v) is 8.35. The van der Waals surface area contributed by atoms with E-state index in [2.05, 4.69) is 10.3 Å². The number of methoxy groups -OCH3 is 1. The van der Waals surface area contributed by atoms with Crippen LogP contribution in [0.2, 0.25) is 0 Å². The van der Waals surface area contributed by atoms with Gasteiger partial charge in [0.2, 0.25) is 5.56 Å². The van der Waals surface area contributed by atoms with Gasteiger partial charge in [0.05, 0.1) is 7.11 Å². The van der Waals surface area contributed by atoms with Gasteiger partial charge in [-0.3, -0.25) is 4.79 Å². The molecule has 1 aliphatic carbocycles. The highest BCUT2D eigenvalue weighted by Crippen LogP contribution is 2.35. The van der Waals surface area contributed by atoms with Crippen LogP contribution in [0.15, 0.2) is 41.3 Å². The first kappa shape index (κ1) is 16.7. The van der Waals surface area contributed by atoms with Crippen LogP contribution in [0.1, 0.15) is 49.3 Å². The number of ether oxygens (including phenoxy) is 1. The van der Waals surface area contributed by atoms with E-state index in [1.807, 2.05) is 13.0 Å². The SMILES string of the molecule is COc1ccc(F)c([C@@H](C)NC2CC[C@H](c3ccc(=O)[nH]c3)C2)c1. The number of halogens is 1. The van der Waals surface area contributed by atoms with Crippen molar-refractivity contribution in [3.63, 3.8) is 0 Å². The van der Waals surface area contributed by atoms with Crippen LogP contribution in [0.5, 0.6) is 5.75 Å². The number of hydrogen-bond donors (Lipinski definition) is 2. The Bertz CT molecular complexity index is 739. The van der Waals surface area contributed by atoms with E-state index in [1.54, 1.807) is 31.5 Å². The summed E-state index contributed by atoms with van der Waals surface area (Å²) in [5, 5.41) is 3.53. The molecule has 1 fully saturated rings. The second kappa shape index (κ2) is 7.18. The molecular formula is C19H23FN2O2. The summed E-state index contributed by atoms with van der Waals surface area (Å²) in [5.74, 6) is 0.880. The predicted octanol–water partition coefficient (Wildman–Crippen LogP) is 3.51. The van der Waals surface area contributed by atoms with E-state index in [1.165, 1.54) is 11.6 Å². The maximum absolute atomic E-state index is 14.1. The molecule has 5 heteroatoms. The summed E-state index contributed by atoms with van der Waals surface area (Å²) in [5.41, 5.74) is 1.72. The van der Waals surface area contributed by atoms with Gasteiger partial charge < -0.3 is 15.0 Å². The van der Waals surface area contributed by atoms with Crippen molar-refractivity contribution in [3.8, 4) is 5.75 Å². The number of aromatic amines is 1. The van der Waals surface area contributed by atoms with Crippen LogP contribution in [-0.2, 0) is 0 Å². The molecule has 0 spiro atoms. The van der Waals surface area contributed by atoms with Crippen LogP contribution >= 0.6 is 0 Å². The Balaban J connectivity index is 1.64. The first-order valence-electron chi connectivity index (χ1n) is 8.35. The summed E-state index contributed by atoms with van der Waals surface area (Å²) in [4.78, 5) is 13.9. The Hall–Kier alpha value is -2.14. The third-order valence-corrected chi connectivity index (χ3v) is 4.87. The molecule has 24 heavy (non-hydrogen) atoms. The molecule has 3 atom stereocenters. The maximum atomic E-state index is 14.1. The molecular weight excluding hydrogens is 307 g/mol. The minimum absolute atomic E-state index is 0.0754. The molecule has 1 unspecified atom stereocenters. The van der Waals surface area contributed by atoms with Crippen molar-refractivity contribution in [2.75, 3.05) is 7.11 Å². The van der Waals surface area contributed by atoms with E-state index in [0.29, 0.717) is 23.3 Å². The number of H-pyrrole nitrogens is 1. The van der Waals surface area contributed by atoms with Crippen LogP contribution < -0.4 is 15.6 Å². The summed E-state index contributed by atoms with van der Waals surface area (Å²) in [6, 6.07) is 8.56. The summed E-state index contributed by atoms with van der Waals surface area (Å²) in [7, 11) is 1.58. The lowest BCUT2D eigenvalue weighted by molar-refractivity contribution is 0.407. The second-order valence-electron chi connectivity index (χ2n) is 6.47. The molecule has 0 aliphatic heterocycles. The number of rotatable bonds is 5. The molecule has 1 aliphatic rings. The normalized spacial score (nSPS) is 21.6. The fraction of sp³-hybridized carbons (Fsp3) is 0.421. The van der Waals surface area contributed by atoms with Crippen LogP contribution in [0.4, 0.5) is 4.39 Å². The number of aromatic nitrogens is 1. The largest absolute Gasteiger partial charge is 0.497 e. The summed E-state index contributed by atoms with van der Waals surface area (Å²) < 4.78 is 19.3. The van der Waals surface area contributed by atoms with Crippen molar-refractivity contribution in [2.45, 2.75) is 44.2 Å². The fourth-order valence-electron chi connectivity index (χ4n) is 3.54. The molecule has 2 aromatic rings. The topological polar surface area (TPSA) is 54.1 Å². The molecule has 0 bridgehead atoms. The maximum Gasteiger partial charge on any atom is 0.247 e. The van der Waals surface area contributed by atoms with Crippen molar-refractivity contribution in [1.29, 1.82) is 0 Å². The highest BCUT2D eigenvalue weighted by molar-refractivity contribution is 5.31. The zero-order valence-electron chi connectivity index (χ0n) is 14.0. The van der Waals surface area contributed by atoms with Gasteiger partial charge in [0, 0.05) is 29.9 Å². The van der Waals surface area contributed by atoms with Gasteiger partial charge in [0.1, 0.15) is 11.6 Å². The standard InChI is InChI=1S/C19H23FN2O2/c1-12(17-10-16(24-2)6-7-18(17)20)22-15-5-3-13(9-15)14-4-8-19(23)21-11-14/h4,6-8,10-13,15,22H,3,5,9H2,1-2H3,(H,21,23)/t12-,13+,15?/m1/s1. The fourth-order valence-corrected chi connectivity index (χ4v) is 3.54. The van der Waals surface area contributed by atoms with Gasteiger partial charge in [-0.05, 0) is 55.9 Å². The van der Waals surface area contributed by atoms with E-state index in [4.69, 9.17) is 4.74 Å². The predicted molar refractivity (Wildman–Crippen MR) is 91.9 cm³/mol. The minimum Gasteiger partial charge on any atom is -0.497 e. The average Bonchev–Trinajstić information content (AvgIpc) is 3.04. The number of benzene rings is 1. The number of nitrogens with one attached hydrogen (secondary N) is 2. The van der Waals surface area contributed by atoms with E-state index >= 15 is 0 Å². The van der Waals surface area contributed by atoms with Gasteiger partial charge in [0.15, 0.2) is 0 Å². The molecule has 1 saturated carbocycles. The number of hydrogen-bond acceptors (Lipinski definition) is 3. The smallest absolute Gasteiger partial charge is 0.247 e. The van der Waals surface area contributed by atoms with Crippen molar-refractivity contribution < 1.29 is 9.13 Å². The van der Waals surface area contributed by atoms with Gasteiger partial charge in [0.25, 0.3) is 0 Å². The monoisotopic (exact) mass is 330 g/mol. The van der Waals surface area contributed by atoms with Crippen LogP contribution in [-0.4, -0.2) is 18.1 Å². The van der Waals surface area contributed by atoms with Crippen molar-refractivity contribution >= 4 is 0 Å². The van der Waals surface area contributed by atoms with E-state index in [9.17, 15) is 9.18 Å². The molecule has 1 aromatic heterocycles. The second-order valence-corrected chi connectivity index (χ2v) is 6.47. The van der Waals surface area contributed by atoms with Gasteiger partial charge >= 0.3 is 0 Å². The van der Waals surface area contributed by atoms with Crippen LogP contribution in [0.3, 0.4) is 0 Å². The third-order valence-electron chi connectivity index (χ3n) is 4.87. The van der Waals surface area contributed by atoms with Crippen molar-refractivity contribution in [3.05, 3.63) is 63.8 Å². The van der Waals surface area contributed by atoms with Gasteiger partial charge in [-0.25, -0.2) is 4.39 Å². The van der Waals surface area contributed by atoms with Gasteiger partial charge in [-0.1, -0.05) is 6.07 Å². The Labute approximate surface area is 141 Å². The molecule has 0 radical (unpaired) electrons. The lowest BCUT2D eigenvalue weighted by atomic mass is 9.99. The van der Waals surface area contributed by atoms with Gasteiger partial charge in [-0.2, -0.15) is 0 Å². The molecule has 128 valence electrons. The van der Waals surface area contributed by atoms with E-state index in [0.717, 1.165) is 19.3 Å². The molecule has 1 aromatic carbocycles. The molecule has 1 heterocycles. The molecule has 4 nitrogen and oxygen atoms in total. The number of pyridine rings is 1. The lowest BCUT2D eigenvalue weighted by Crippen LogP contribution is -2.29. The third kappa shape index (κ3) is 3.67. The quantitative estimate of drug-likeness (QED) is 0.882. The lowest BCUT2D eigenvalue weighted by Gasteiger charge is -2.21. The highest BCUT2D eigenvalue weighted by Gasteiger charge is 2.27. The highest BCUT2D eigenvalue weighted by atomic mass is 19.1. The van der Waals surface area contributed by atoms with Crippen LogP contribution in [0, 0.1) is 5.82 Å². The van der Waals surface area contributed by atoms with Crippen molar-refractivity contribution in [1.82, 2.24) is 10.3 Å². The first-order chi connectivity index (χ1) is 11.6. The molecule has 0 saturated heterocycles. The van der Waals surface area contributed by atoms with E-state index < -0.39 is 0 Å². The van der Waals surface area contributed by atoms with Crippen molar-refractivity contribution in [2.24, 2.45) is 0 Å². The molecule has 2 N–H and O–H groups in total. The Morgan fingerprint density at radius 1 is 1.29 bits per heavy atom. The average molecular weight is 330 g/mol.